The molecule has 0 spiro atoms. The third kappa shape index (κ3) is 1.53. The molecule has 5 nitrogen and oxygen atoms in total. The Morgan fingerprint density at radius 1 is 1.43 bits per heavy atom. The van der Waals surface area contributed by atoms with Gasteiger partial charge >= 0.3 is 5.69 Å². The summed E-state index contributed by atoms with van der Waals surface area (Å²) in [6, 6.07) is 0. The third-order valence-corrected chi connectivity index (χ3v) is 2.13. The summed E-state index contributed by atoms with van der Waals surface area (Å²) in [5.41, 5.74) is -0.593. The number of aromatic nitrogens is 2. The highest BCUT2D eigenvalue weighted by atomic mass is 16.2. The zero-order valence-electron chi connectivity index (χ0n) is 8.38. The van der Waals surface area contributed by atoms with Gasteiger partial charge in [0, 0.05) is 12.2 Å². The number of Topliss-reactive ketones (excluding diaryl/α,β-unsaturated/α-hetero) is 1. The average molecular weight is 196 g/mol. The minimum Gasteiger partial charge on any atom is -0.298 e. The highest BCUT2D eigenvalue weighted by molar-refractivity contribution is 5.94. The second kappa shape index (κ2) is 3.61. The minimum absolute atomic E-state index is 0.0615. The van der Waals surface area contributed by atoms with Gasteiger partial charge in [-0.1, -0.05) is 0 Å². The summed E-state index contributed by atoms with van der Waals surface area (Å²) in [4.78, 5) is 35.8. The monoisotopic (exact) mass is 196 g/mol. The predicted molar refractivity (Wildman–Crippen MR) is 51.7 cm³/mol. The summed E-state index contributed by atoms with van der Waals surface area (Å²) in [6.45, 7) is 5.11. The molecule has 1 N–H and O–H groups in total. The fourth-order valence-corrected chi connectivity index (χ4v) is 1.47. The first-order valence-electron chi connectivity index (χ1n) is 4.33. The van der Waals surface area contributed by atoms with E-state index in [4.69, 9.17) is 0 Å². The molecule has 0 saturated carbocycles. The van der Waals surface area contributed by atoms with Crippen molar-refractivity contribution in [1.29, 1.82) is 0 Å². The van der Waals surface area contributed by atoms with Crippen LogP contribution < -0.4 is 11.2 Å². The van der Waals surface area contributed by atoms with Crippen molar-refractivity contribution in [2.24, 2.45) is 0 Å². The summed E-state index contributed by atoms with van der Waals surface area (Å²) < 4.78 is 1.36. The van der Waals surface area contributed by atoms with Crippen molar-refractivity contribution in [2.45, 2.75) is 27.3 Å². The van der Waals surface area contributed by atoms with Crippen LogP contribution in [0.2, 0.25) is 0 Å². The normalized spacial score (nSPS) is 10.2. The van der Waals surface area contributed by atoms with Crippen LogP contribution in [0.4, 0.5) is 0 Å². The fourth-order valence-electron chi connectivity index (χ4n) is 1.47. The largest absolute Gasteiger partial charge is 0.328 e. The first kappa shape index (κ1) is 10.4. The maximum Gasteiger partial charge on any atom is 0.328 e. The highest BCUT2D eigenvalue weighted by Gasteiger charge is 2.13. The molecule has 0 aliphatic heterocycles. The van der Waals surface area contributed by atoms with Crippen LogP contribution >= 0.6 is 0 Å². The highest BCUT2D eigenvalue weighted by Crippen LogP contribution is 1.99. The molecule has 0 amide bonds. The zero-order valence-corrected chi connectivity index (χ0v) is 8.38. The standard InChI is InChI=1S/C9H12N2O3/c1-4-11-5(2)7(6(3)12)8(13)10-9(11)14/h4H2,1-3H3,(H,10,13,14). The summed E-state index contributed by atoms with van der Waals surface area (Å²) in [5.74, 6) is -0.328. The molecule has 0 saturated heterocycles. The SMILES string of the molecule is CCn1c(C)c(C(C)=O)c(=O)[nH]c1=O. The number of hydrogen-bond acceptors (Lipinski definition) is 3. The van der Waals surface area contributed by atoms with Gasteiger partial charge in [-0.2, -0.15) is 0 Å². The molecule has 0 bridgehead atoms. The molecule has 0 unspecified atom stereocenters. The van der Waals surface area contributed by atoms with E-state index in [0.717, 1.165) is 0 Å². The van der Waals surface area contributed by atoms with Gasteiger partial charge in [0.1, 0.15) is 5.56 Å². The van der Waals surface area contributed by atoms with E-state index >= 15 is 0 Å². The van der Waals surface area contributed by atoms with Gasteiger partial charge in [0.15, 0.2) is 5.78 Å². The average Bonchev–Trinajstić information content (AvgIpc) is 2.02. The molecule has 1 aromatic heterocycles. The Balaban J connectivity index is 3.69. The second-order valence-corrected chi connectivity index (χ2v) is 3.02. The van der Waals surface area contributed by atoms with Crippen LogP contribution in [0.3, 0.4) is 0 Å². The molecule has 0 radical (unpaired) electrons. The number of carbonyl (C=O) groups excluding carboxylic acids is 1. The summed E-state index contributed by atoms with van der Waals surface area (Å²) in [6.07, 6.45) is 0. The lowest BCUT2D eigenvalue weighted by Crippen LogP contribution is -2.35. The summed E-state index contributed by atoms with van der Waals surface area (Å²) in [7, 11) is 0. The van der Waals surface area contributed by atoms with Crippen LogP contribution in [-0.2, 0) is 6.54 Å². The molecular weight excluding hydrogens is 184 g/mol. The van der Waals surface area contributed by atoms with Gasteiger partial charge < -0.3 is 0 Å². The van der Waals surface area contributed by atoms with Crippen LogP contribution in [-0.4, -0.2) is 15.3 Å². The van der Waals surface area contributed by atoms with Crippen LogP contribution in [0, 0.1) is 6.92 Å². The van der Waals surface area contributed by atoms with Crippen molar-refractivity contribution in [3.05, 3.63) is 32.1 Å². The third-order valence-electron chi connectivity index (χ3n) is 2.13. The second-order valence-electron chi connectivity index (χ2n) is 3.02. The Morgan fingerprint density at radius 3 is 2.43 bits per heavy atom. The van der Waals surface area contributed by atoms with Gasteiger partial charge in [-0.05, 0) is 20.8 Å². The number of nitrogens with one attached hydrogen (secondary N) is 1. The Morgan fingerprint density at radius 2 is 2.00 bits per heavy atom. The van der Waals surface area contributed by atoms with Crippen molar-refractivity contribution >= 4 is 5.78 Å². The minimum atomic E-state index is -0.607. The van der Waals surface area contributed by atoms with E-state index in [1.165, 1.54) is 11.5 Å². The van der Waals surface area contributed by atoms with Crippen molar-refractivity contribution in [3.63, 3.8) is 0 Å². The summed E-state index contributed by atoms with van der Waals surface area (Å²) >= 11 is 0. The molecule has 14 heavy (non-hydrogen) atoms. The Kier molecular flexibility index (Phi) is 2.69. The first-order chi connectivity index (χ1) is 6.49. The maximum absolute atomic E-state index is 11.3. The lowest BCUT2D eigenvalue weighted by atomic mass is 10.1. The molecule has 5 heteroatoms. The van der Waals surface area contributed by atoms with Crippen LogP contribution in [0.25, 0.3) is 0 Å². The Hall–Kier alpha value is -1.65. The maximum atomic E-state index is 11.3. The quantitative estimate of drug-likeness (QED) is 0.680. The molecule has 0 aromatic carbocycles. The van der Waals surface area contributed by atoms with Gasteiger partial charge in [0.05, 0.1) is 0 Å². The van der Waals surface area contributed by atoms with E-state index in [0.29, 0.717) is 12.2 Å². The van der Waals surface area contributed by atoms with Gasteiger partial charge in [0.25, 0.3) is 5.56 Å². The van der Waals surface area contributed by atoms with E-state index in [1.807, 2.05) is 0 Å². The number of hydrogen-bond donors (Lipinski definition) is 1. The van der Waals surface area contributed by atoms with Crippen molar-refractivity contribution in [1.82, 2.24) is 9.55 Å². The molecule has 0 fully saturated rings. The van der Waals surface area contributed by atoms with Crippen molar-refractivity contribution in [3.8, 4) is 0 Å². The number of rotatable bonds is 2. The molecule has 0 aliphatic rings. The van der Waals surface area contributed by atoms with E-state index in [1.54, 1.807) is 13.8 Å². The number of H-pyrrole nitrogens is 1. The molecule has 1 aromatic rings. The lowest BCUT2D eigenvalue weighted by molar-refractivity contribution is 0.101. The number of ketones is 1. The summed E-state index contributed by atoms with van der Waals surface area (Å²) in [5, 5.41) is 0. The molecule has 0 aliphatic carbocycles. The molecular formula is C9H12N2O3. The zero-order chi connectivity index (χ0) is 10.9. The van der Waals surface area contributed by atoms with Crippen molar-refractivity contribution in [2.75, 3.05) is 0 Å². The Bertz CT molecular complexity index is 482. The van der Waals surface area contributed by atoms with E-state index in [9.17, 15) is 14.4 Å². The van der Waals surface area contributed by atoms with Gasteiger partial charge in [0.2, 0.25) is 0 Å². The topological polar surface area (TPSA) is 71.9 Å². The number of aromatic amines is 1. The van der Waals surface area contributed by atoms with Crippen LogP contribution in [0.1, 0.15) is 29.9 Å². The number of carbonyl (C=O) groups is 1. The van der Waals surface area contributed by atoms with Crippen molar-refractivity contribution < 1.29 is 4.79 Å². The molecule has 1 rings (SSSR count). The van der Waals surface area contributed by atoms with Gasteiger partial charge in [-0.15, -0.1) is 0 Å². The Labute approximate surface area is 80.4 Å². The molecule has 1 heterocycles. The first-order valence-corrected chi connectivity index (χ1v) is 4.33. The lowest BCUT2D eigenvalue weighted by Gasteiger charge is -2.08. The number of nitrogens with zero attached hydrogens (tertiary/aromatic N) is 1. The molecule has 76 valence electrons. The fraction of sp³-hybridized carbons (Fsp3) is 0.444. The van der Waals surface area contributed by atoms with E-state index < -0.39 is 11.2 Å². The van der Waals surface area contributed by atoms with E-state index in [2.05, 4.69) is 4.98 Å². The molecule has 0 atom stereocenters. The van der Waals surface area contributed by atoms with Crippen LogP contribution in [0.15, 0.2) is 9.59 Å². The van der Waals surface area contributed by atoms with Gasteiger partial charge in [-0.25, -0.2) is 4.79 Å². The smallest absolute Gasteiger partial charge is 0.298 e. The predicted octanol–water partition coefficient (Wildman–Crippen LogP) is 0.0675. The van der Waals surface area contributed by atoms with E-state index in [-0.39, 0.29) is 11.3 Å². The van der Waals surface area contributed by atoms with Gasteiger partial charge in [-0.3, -0.25) is 19.1 Å². The van der Waals surface area contributed by atoms with Crippen LogP contribution in [0.5, 0.6) is 0 Å².